The van der Waals surface area contributed by atoms with Gasteiger partial charge in [0.15, 0.2) is 0 Å². The minimum atomic E-state index is -0.212. The highest BCUT2D eigenvalue weighted by Crippen LogP contribution is 2.26. The summed E-state index contributed by atoms with van der Waals surface area (Å²) in [5, 5.41) is 4.24. The maximum Gasteiger partial charge on any atom is 0.123 e. The number of nitrogens with one attached hydrogen (secondary N) is 1. The number of thiazole rings is 1. The van der Waals surface area contributed by atoms with Gasteiger partial charge in [0.05, 0.1) is 0 Å². The van der Waals surface area contributed by atoms with E-state index in [4.69, 9.17) is 0 Å². The van der Waals surface area contributed by atoms with Gasteiger partial charge in [-0.2, -0.15) is 0 Å². The fraction of sp³-hybridized carbons (Fsp3) is 0.357. The molecule has 0 atom stereocenters. The van der Waals surface area contributed by atoms with Crippen molar-refractivity contribution in [2.45, 2.75) is 6.54 Å². The van der Waals surface area contributed by atoms with Crippen LogP contribution in [0.1, 0.15) is 4.88 Å². The SMILES string of the molecule is Fc1cccc(-c2ncc(CN3CCNCC3)s2)c1. The first kappa shape index (κ1) is 12.7. The van der Waals surface area contributed by atoms with E-state index in [1.54, 1.807) is 17.4 Å². The number of hydrogen-bond donors (Lipinski definition) is 1. The van der Waals surface area contributed by atoms with Gasteiger partial charge in [0.1, 0.15) is 10.8 Å². The van der Waals surface area contributed by atoms with Gasteiger partial charge in [-0.25, -0.2) is 9.37 Å². The first-order chi connectivity index (χ1) is 9.31. The van der Waals surface area contributed by atoms with Gasteiger partial charge in [-0.05, 0) is 12.1 Å². The highest BCUT2D eigenvalue weighted by molar-refractivity contribution is 7.15. The van der Waals surface area contributed by atoms with Crippen LogP contribution >= 0.6 is 11.3 Å². The Morgan fingerprint density at radius 3 is 2.95 bits per heavy atom. The molecule has 1 aliphatic heterocycles. The second-order valence-electron chi connectivity index (χ2n) is 4.67. The predicted molar refractivity (Wildman–Crippen MR) is 75.7 cm³/mol. The largest absolute Gasteiger partial charge is 0.314 e. The Morgan fingerprint density at radius 2 is 2.16 bits per heavy atom. The maximum atomic E-state index is 13.2. The van der Waals surface area contributed by atoms with Gasteiger partial charge in [-0.3, -0.25) is 4.90 Å². The number of hydrogen-bond acceptors (Lipinski definition) is 4. The van der Waals surface area contributed by atoms with Crippen LogP contribution in [0.4, 0.5) is 4.39 Å². The number of aromatic nitrogens is 1. The Bertz CT molecular complexity index is 549. The van der Waals surface area contributed by atoms with Crippen molar-refractivity contribution in [2.75, 3.05) is 26.2 Å². The average molecular weight is 277 g/mol. The van der Waals surface area contributed by atoms with Gasteiger partial charge < -0.3 is 5.32 Å². The van der Waals surface area contributed by atoms with Crippen LogP contribution in [0.5, 0.6) is 0 Å². The predicted octanol–water partition coefficient (Wildman–Crippen LogP) is 2.35. The van der Waals surface area contributed by atoms with E-state index in [1.807, 2.05) is 12.3 Å². The van der Waals surface area contributed by atoms with Crippen LogP contribution in [0.25, 0.3) is 10.6 Å². The summed E-state index contributed by atoms with van der Waals surface area (Å²) in [5.41, 5.74) is 0.858. The Hall–Kier alpha value is -1.30. The maximum absolute atomic E-state index is 13.2. The van der Waals surface area contributed by atoms with Gasteiger partial charge in [-0.1, -0.05) is 12.1 Å². The first-order valence-corrected chi connectivity index (χ1v) is 7.26. The normalized spacial score (nSPS) is 16.7. The van der Waals surface area contributed by atoms with Crippen molar-refractivity contribution in [2.24, 2.45) is 0 Å². The number of piperazine rings is 1. The van der Waals surface area contributed by atoms with E-state index in [2.05, 4.69) is 15.2 Å². The zero-order valence-corrected chi connectivity index (χ0v) is 11.4. The molecule has 1 aromatic heterocycles. The summed E-state index contributed by atoms with van der Waals surface area (Å²) >= 11 is 1.65. The summed E-state index contributed by atoms with van der Waals surface area (Å²) in [7, 11) is 0. The zero-order chi connectivity index (χ0) is 13.1. The van der Waals surface area contributed by atoms with E-state index in [-0.39, 0.29) is 5.82 Å². The highest BCUT2D eigenvalue weighted by atomic mass is 32.1. The molecule has 1 N–H and O–H groups in total. The number of halogens is 1. The first-order valence-electron chi connectivity index (χ1n) is 6.45. The van der Waals surface area contributed by atoms with E-state index in [0.717, 1.165) is 43.3 Å². The minimum Gasteiger partial charge on any atom is -0.314 e. The van der Waals surface area contributed by atoms with Gasteiger partial charge in [0.25, 0.3) is 0 Å². The number of nitrogens with zero attached hydrogens (tertiary/aromatic N) is 2. The Labute approximate surface area is 116 Å². The zero-order valence-electron chi connectivity index (χ0n) is 10.6. The molecule has 1 aliphatic rings. The quantitative estimate of drug-likeness (QED) is 0.933. The molecule has 1 saturated heterocycles. The smallest absolute Gasteiger partial charge is 0.123 e. The second kappa shape index (κ2) is 5.77. The number of benzene rings is 1. The topological polar surface area (TPSA) is 28.2 Å². The molecule has 0 saturated carbocycles. The van der Waals surface area contributed by atoms with Crippen LogP contribution in [-0.4, -0.2) is 36.1 Å². The van der Waals surface area contributed by atoms with Crippen LogP contribution in [0, 0.1) is 5.82 Å². The summed E-state index contributed by atoms with van der Waals surface area (Å²) in [4.78, 5) is 8.06. The van der Waals surface area contributed by atoms with Crippen LogP contribution in [0.3, 0.4) is 0 Å². The molecular formula is C14H16FN3S. The van der Waals surface area contributed by atoms with Crippen LogP contribution in [0.2, 0.25) is 0 Å². The summed E-state index contributed by atoms with van der Waals surface area (Å²) in [6.07, 6.45) is 1.91. The Kier molecular flexibility index (Phi) is 3.87. The molecule has 0 radical (unpaired) electrons. The third-order valence-electron chi connectivity index (χ3n) is 3.21. The molecule has 0 bridgehead atoms. The monoisotopic (exact) mass is 277 g/mol. The van der Waals surface area contributed by atoms with Gasteiger partial charge >= 0.3 is 0 Å². The van der Waals surface area contributed by atoms with Crippen molar-refractivity contribution < 1.29 is 4.39 Å². The van der Waals surface area contributed by atoms with Crippen molar-refractivity contribution in [3.05, 3.63) is 41.2 Å². The summed E-state index contributed by atoms with van der Waals surface area (Å²) in [6.45, 7) is 5.19. The van der Waals surface area contributed by atoms with E-state index < -0.39 is 0 Å². The highest BCUT2D eigenvalue weighted by Gasteiger charge is 2.12. The fourth-order valence-electron chi connectivity index (χ4n) is 2.23. The van der Waals surface area contributed by atoms with Crippen molar-refractivity contribution in [1.82, 2.24) is 15.2 Å². The standard InChI is InChI=1S/C14H16FN3S/c15-12-3-1-2-11(8-12)14-17-9-13(19-14)10-18-6-4-16-5-7-18/h1-3,8-9,16H,4-7,10H2. The van der Waals surface area contributed by atoms with E-state index in [0.29, 0.717) is 0 Å². The third kappa shape index (κ3) is 3.18. The molecule has 0 aliphatic carbocycles. The van der Waals surface area contributed by atoms with E-state index in [1.165, 1.54) is 17.0 Å². The molecule has 0 spiro atoms. The molecule has 1 aromatic carbocycles. The van der Waals surface area contributed by atoms with Crippen molar-refractivity contribution in [3.8, 4) is 10.6 Å². The minimum absolute atomic E-state index is 0.212. The van der Waals surface area contributed by atoms with Crippen molar-refractivity contribution in [1.29, 1.82) is 0 Å². The van der Waals surface area contributed by atoms with Crippen molar-refractivity contribution in [3.63, 3.8) is 0 Å². The Morgan fingerprint density at radius 1 is 1.32 bits per heavy atom. The summed E-state index contributed by atoms with van der Waals surface area (Å²) < 4.78 is 13.2. The van der Waals surface area contributed by atoms with Crippen molar-refractivity contribution >= 4 is 11.3 Å². The lowest BCUT2D eigenvalue weighted by atomic mass is 10.2. The van der Waals surface area contributed by atoms with Gasteiger partial charge in [0, 0.05) is 49.4 Å². The van der Waals surface area contributed by atoms with Gasteiger partial charge in [0.2, 0.25) is 0 Å². The molecule has 2 heterocycles. The Balaban J connectivity index is 1.72. The molecule has 19 heavy (non-hydrogen) atoms. The third-order valence-corrected chi connectivity index (χ3v) is 4.25. The van der Waals surface area contributed by atoms with Gasteiger partial charge in [-0.15, -0.1) is 11.3 Å². The molecule has 100 valence electrons. The molecule has 0 unspecified atom stereocenters. The lowest BCUT2D eigenvalue weighted by Crippen LogP contribution is -2.42. The molecule has 2 aromatic rings. The molecule has 3 rings (SSSR count). The van der Waals surface area contributed by atoms with E-state index >= 15 is 0 Å². The average Bonchev–Trinajstić information content (AvgIpc) is 2.88. The van der Waals surface area contributed by atoms with Crippen LogP contribution in [-0.2, 0) is 6.54 Å². The fourth-order valence-corrected chi connectivity index (χ4v) is 3.18. The second-order valence-corrected chi connectivity index (χ2v) is 5.78. The molecule has 1 fully saturated rings. The molecule has 3 nitrogen and oxygen atoms in total. The molecule has 0 amide bonds. The number of rotatable bonds is 3. The lowest BCUT2D eigenvalue weighted by molar-refractivity contribution is 0.235. The summed E-state index contributed by atoms with van der Waals surface area (Å²) in [6, 6.07) is 6.62. The van der Waals surface area contributed by atoms with Crippen LogP contribution in [0.15, 0.2) is 30.5 Å². The summed E-state index contributed by atoms with van der Waals surface area (Å²) in [5.74, 6) is -0.212. The van der Waals surface area contributed by atoms with Crippen LogP contribution < -0.4 is 5.32 Å². The molecule has 5 heteroatoms. The van der Waals surface area contributed by atoms with E-state index in [9.17, 15) is 4.39 Å². The molecular weight excluding hydrogens is 261 g/mol. The lowest BCUT2D eigenvalue weighted by Gasteiger charge is -2.26.